The lowest BCUT2D eigenvalue weighted by Gasteiger charge is -2.14. The molecule has 2 N–H and O–H groups in total. The van der Waals surface area contributed by atoms with Crippen molar-refractivity contribution in [1.29, 1.82) is 0 Å². The Morgan fingerprint density at radius 1 is 0.909 bits per heavy atom. The van der Waals surface area contributed by atoms with Crippen LogP contribution >= 0.6 is 35.6 Å². The molecule has 1 atom stereocenters. The second kappa shape index (κ2) is 7.42. The summed E-state index contributed by atoms with van der Waals surface area (Å²) in [6.45, 7) is 0. The molecule has 0 aliphatic rings. The third-order valence-corrected chi connectivity index (χ3v) is 3.51. The van der Waals surface area contributed by atoms with Crippen molar-refractivity contribution >= 4 is 35.6 Å². The summed E-state index contributed by atoms with van der Waals surface area (Å²) in [4.78, 5) is 0. The Kier molecular flexibility index (Phi) is 6.38. The molecule has 0 saturated carbocycles. The SMILES string of the molecule is Cl.N[C@@H](c1ccc(OC(F)(F)F)cc1)c1ccc(Cl)c(Cl)c1. The summed E-state index contributed by atoms with van der Waals surface area (Å²) in [7, 11) is 0. The van der Waals surface area contributed by atoms with Gasteiger partial charge in [0.25, 0.3) is 0 Å². The Hall–Kier alpha value is -1.14. The average molecular weight is 373 g/mol. The molecule has 0 amide bonds. The maximum atomic E-state index is 12.1. The van der Waals surface area contributed by atoms with Crippen LogP contribution in [0.2, 0.25) is 10.0 Å². The zero-order valence-corrected chi connectivity index (χ0v) is 13.2. The molecule has 0 fully saturated rings. The third-order valence-electron chi connectivity index (χ3n) is 2.78. The average Bonchev–Trinajstić information content (AvgIpc) is 2.40. The first kappa shape index (κ1) is 18.9. The number of alkyl halides is 3. The second-order valence-electron chi connectivity index (χ2n) is 4.27. The number of nitrogens with two attached hydrogens (primary N) is 1. The van der Waals surface area contributed by atoms with Crippen LogP contribution in [0.1, 0.15) is 17.2 Å². The molecule has 0 heterocycles. The van der Waals surface area contributed by atoms with Gasteiger partial charge in [-0.05, 0) is 35.4 Å². The van der Waals surface area contributed by atoms with Crippen LogP contribution in [0.15, 0.2) is 42.5 Å². The summed E-state index contributed by atoms with van der Waals surface area (Å²) in [6.07, 6.45) is -4.71. The lowest BCUT2D eigenvalue weighted by molar-refractivity contribution is -0.274. The molecule has 0 radical (unpaired) electrons. The van der Waals surface area contributed by atoms with Crippen LogP contribution < -0.4 is 10.5 Å². The number of hydrogen-bond donors (Lipinski definition) is 1. The molecule has 0 aliphatic carbocycles. The molecule has 0 bridgehead atoms. The summed E-state index contributed by atoms with van der Waals surface area (Å²) in [5, 5.41) is 0.767. The Balaban J connectivity index is 0.00000242. The van der Waals surface area contributed by atoms with Gasteiger partial charge in [0.05, 0.1) is 16.1 Å². The van der Waals surface area contributed by atoms with Gasteiger partial charge in [0.15, 0.2) is 0 Å². The lowest BCUT2D eigenvalue weighted by atomic mass is 10.00. The fourth-order valence-corrected chi connectivity index (χ4v) is 2.08. The number of rotatable bonds is 3. The quantitative estimate of drug-likeness (QED) is 0.787. The molecule has 0 aromatic heterocycles. The van der Waals surface area contributed by atoms with Crippen LogP contribution in [0.5, 0.6) is 5.75 Å². The molecule has 2 aromatic carbocycles. The van der Waals surface area contributed by atoms with Crippen LogP contribution in [-0.2, 0) is 0 Å². The summed E-state index contributed by atoms with van der Waals surface area (Å²) in [5.74, 6) is -0.299. The molecule has 22 heavy (non-hydrogen) atoms. The first-order valence-corrected chi connectivity index (χ1v) is 6.58. The van der Waals surface area contributed by atoms with Crippen molar-refractivity contribution < 1.29 is 17.9 Å². The second-order valence-corrected chi connectivity index (χ2v) is 5.08. The van der Waals surface area contributed by atoms with Gasteiger partial charge >= 0.3 is 6.36 Å². The lowest BCUT2D eigenvalue weighted by Crippen LogP contribution is -2.17. The summed E-state index contributed by atoms with van der Waals surface area (Å²) >= 11 is 11.7. The van der Waals surface area contributed by atoms with Crippen LogP contribution in [0.25, 0.3) is 0 Å². The topological polar surface area (TPSA) is 35.2 Å². The smallest absolute Gasteiger partial charge is 0.406 e. The van der Waals surface area contributed by atoms with Crippen molar-refractivity contribution in [2.24, 2.45) is 5.73 Å². The van der Waals surface area contributed by atoms with E-state index in [0.29, 0.717) is 21.2 Å². The molecular weight excluding hydrogens is 362 g/mol. The number of ether oxygens (including phenoxy) is 1. The highest BCUT2D eigenvalue weighted by Crippen LogP contribution is 2.29. The van der Waals surface area contributed by atoms with E-state index in [-0.39, 0.29) is 18.2 Å². The third kappa shape index (κ3) is 4.95. The molecule has 120 valence electrons. The molecular formula is C14H11Cl3F3NO. The van der Waals surface area contributed by atoms with Gasteiger partial charge in [0.2, 0.25) is 0 Å². The van der Waals surface area contributed by atoms with Crippen molar-refractivity contribution in [3.8, 4) is 5.75 Å². The minimum atomic E-state index is -4.71. The van der Waals surface area contributed by atoms with Gasteiger partial charge in [-0.15, -0.1) is 25.6 Å². The fourth-order valence-electron chi connectivity index (χ4n) is 1.78. The Bertz CT molecular complexity index is 632. The van der Waals surface area contributed by atoms with E-state index in [4.69, 9.17) is 28.9 Å². The highest BCUT2D eigenvalue weighted by atomic mass is 35.5. The molecule has 0 spiro atoms. The van der Waals surface area contributed by atoms with E-state index in [1.807, 2.05) is 0 Å². The zero-order valence-electron chi connectivity index (χ0n) is 10.9. The van der Waals surface area contributed by atoms with Gasteiger partial charge in [-0.1, -0.05) is 41.4 Å². The molecule has 0 unspecified atom stereocenters. The summed E-state index contributed by atoms with van der Waals surface area (Å²) in [5.41, 5.74) is 7.38. The number of hydrogen-bond acceptors (Lipinski definition) is 2. The molecule has 0 aliphatic heterocycles. The van der Waals surface area contributed by atoms with Crippen molar-refractivity contribution in [3.63, 3.8) is 0 Å². The van der Waals surface area contributed by atoms with Crippen LogP contribution in [0, 0.1) is 0 Å². The van der Waals surface area contributed by atoms with E-state index in [1.165, 1.54) is 24.3 Å². The van der Waals surface area contributed by atoms with Gasteiger partial charge < -0.3 is 10.5 Å². The maximum absolute atomic E-state index is 12.1. The summed E-state index contributed by atoms with van der Waals surface area (Å²) < 4.78 is 40.0. The minimum absolute atomic E-state index is 0. The highest BCUT2D eigenvalue weighted by molar-refractivity contribution is 6.42. The number of halogens is 6. The van der Waals surface area contributed by atoms with Gasteiger partial charge in [0, 0.05) is 0 Å². The summed E-state index contributed by atoms with van der Waals surface area (Å²) in [6, 6.07) is 9.76. The first-order chi connectivity index (χ1) is 9.76. The van der Waals surface area contributed by atoms with Gasteiger partial charge in [-0.2, -0.15) is 0 Å². The van der Waals surface area contributed by atoms with Gasteiger partial charge in [0.1, 0.15) is 5.75 Å². The van der Waals surface area contributed by atoms with Gasteiger partial charge in [-0.3, -0.25) is 0 Å². The van der Waals surface area contributed by atoms with E-state index in [9.17, 15) is 13.2 Å². The molecule has 8 heteroatoms. The van der Waals surface area contributed by atoms with Crippen LogP contribution in [-0.4, -0.2) is 6.36 Å². The van der Waals surface area contributed by atoms with Crippen molar-refractivity contribution in [3.05, 3.63) is 63.6 Å². The largest absolute Gasteiger partial charge is 0.573 e. The van der Waals surface area contributed by atoms with Crippen molar-refractivity contribution in [1.82, 2.24) is 0 Å². The predicted octanol–water partition coefficient (Wildman–Crippen LogP) is 5.36. The fraction of sp³-hybridized carbons (Fsp3) is 0.143. The van der Waals surface area contributed by atoms with Gasteiger partial charge in [-0.25, -0.2) is 0 Å². The molecule has 0 saturated heterocycles. The Morgan fingerprint density at radius 2 is 1.45 bits per heavy atom. The maximum Gasteiger partial charge on any atom is 0.573 e. The van der Waals surface area contributed by atoms with Crippen LogP contribution in [0.3, 0.4) is 0 Å². The standard InChI is InChI=1S/C14H10Cl2F3NO.ClH/c15-11-6-3-9(7-12(11)16)13(20)8-1-4-10(5-2-8)21-14(17,18)19;/h1-7,13H,20H2;1H/t13-;/m0./s1. The van der Waals surface area contributed by atoms with E-state index in [0.717, 1.165) is 0 Å². The number of benzene rings is 2. The van der Waals surface area contributed by atoms with Crippen molar-refractivity contribution in [2.75, 3.05) is 0 Å². The molecule has 2 rings (SSSR count). The normalized spacial score (nSPS) is 12.5. The van der Waals surface area contributed by atoms with Crippen LogP contribution in [0.4, 0.5) is 13.2 Å². The Labute approximate surface area is 141 Å². The monoisotopic (exact) mass is 371 g/mol. The van der Waals surface area contributed by atoms with Crippen molar-refractivity contribution in [2.45, 2.75) is 12.4 Å². The Morgan fingerprint density at radius 3 is 1.95 bits per heavy atom. The zero-order chi connectivity index (χ0) is 15.6. The molecule has 2 aromatic rings. The minimum Gasteiger partial charge on any atom is -0.406 e. The van der Waals surface area contributed by atoms with E-state index < -0.39 is 12.4 Å². The van der Waals surface area contributed by atoms with E-state index >= 15 is 0 Å². The first-order valence-electron chi connectivity index (χ1n) is 5.82. The highest BCUT2D eigenvalue weighted by Gasteiger charge is 2.31. The molecule has 2 nitrogen and oxygen atoms in total. The predicted molar refractivity (Wildman–Crippen MR) is 82.9 cm³/mol. The van der Waals surface area contributed by atoms with E-state index in [1.54, 1.807) is 18.2 Å². The van der Waals surface area contributed by atoms with E-state index in [2.05, 4.69) is 4.74 Å².